The number of fused-ring (bicyclic) bond motifs is 1. The van der Waals surface area contributed by atoms with Crippen molar-refractivity contribution in [2.75, 3.05) is 16.0 Å². The summed E-state index contributed by atoms with van der Waals surface area (Å²) in [5.74, 6) is 0.413. The van der Waals surface area contributed by atoms with E-state index in [1.165, 1.54) is 18.5 Å². The van der Waals surface area contributed by atoms with Gasteiger partial charge < -0.3 is 16.0 Å². The number of para-hydroxylation sites is 1. The molecule has 4 aromatic rings. The third-order valence-electron chi connectivity index (χ3n) is 4.72. The molecule has 0 atom stereocenters. The van der Waals surface area contributed by atoms with Crippen molar-refractivity contribution in [1.82, 2.24) is 9.97 Å². The van der Waals surface area contributed by atoms with E-state index in [9.17, 15) is 18.0 Å². The van der Waals surface area contributed by atoms with Crippen LogP contribution in [0.4, 0.5) is 35.2 Å². The van der Waals surface area contributed by atoms with Crippen molar-refractivity contribution in [2.24, 2.45) is 0 Å². The Morgan fingerprint density at radius 3 is 2.42 bits per heavy atom. The largest absolute Gasteiger partial charge is 0.417 e. The minimum absolute atomic E-state index is 0.0819. The number of aromatic nitrogens is 2. The molecule has 168 valence electrons. The fourth-order valence-corrected chi connectivity index (χ4v) is 3.40. The quantitative estimate of drug-likeness (QED) is 0.308. The van der Waals surface area contributed by atoms with E-state index in [0.717, 1.165) is 6.07 Å². The van der Waals surface area contributed by atoms with Crippen molar-refractivity contribution in [3.05, 3.63) is 89.2 Å². The number of hydrogen-bond acceptors (Lipinski definition) is 4. The molecule has 0 bridgehead atoms. The maximum absolute atomic E-state index is 13.1. The molecule has 0 radical (unpaired) electrons. The van der Waals surface area contributed by atoms with Crippen molar-refractivity contribution in [1.29, 1.82) is 0 Å². The molecule has 33 heavy (non-hydrogen) atoms. The number of benzene rings is 3. The summed E-state index contributed by atoms with van der Waals surface area (Å²) in [7, 11) is 0. The summed E-state index contributed by atoms with van der Waals surface area (Å²) >= 11 is 5.69. The molecule has 0 spiro atoms. The Morgan fingerprint density at radius 2 is 1.67 bits per heavy atom. The first-order valence-corrected chi connectivity index (χ1v) is 10.1. The van der Waals surface area contributed by atoms with E-state index in [-0.39, 0.29) is 11.6 Å². The SMILES string of the molecule is O=C(Nc1ccccc1)Nc1ccc2ncnc(NCc3ccc(Cl)c(C(F)(F)F)c3)c2c1. The molecule has 1 heterocycles. The Labute approximate surface area is 191 Å². The van der Waals surface area contributed by atoms with Gasteiger partial charge in [0.1, 0.15) is 12.1 Å². The van der Waals surface area contributed by atoms with Gasteiger partial charge in [-0.2, -0.15) is 13.2 Å². The predicted octanol–water partition coefficient (Wildman–Crippen LogP) is 6.56. The number of carbonyl (C=O) groups is 1. The highest BCUT2D eigenvalue weighted by Crippen LogP contribution is 2.35. The van der Waals surface area contributed by atoms with Gasteiger partial charge in [-0.1, -0.05) is 35.9 Å². The predicted molar refractivity (Wildman–Crippen MR) is 122 cm³/mol. The summed E-state index contributed by atoms with van der Waals surface area (Å²) in [6.45, 7) is 0.0819. The van der Waals surface area contributed by atoms with E-state index in [1.807, 2.05) is 6.07 Å². The molecule has 0 unspecified atom stereocenters. The number of urea groups is 1. The van der Waals surface area contributed by atoms with Crippen molar-refractivity contribution in [3.63, 3.8) is 0 Å². The molecule has 3 aromatic carbocycles. The number of amides is 2. The fraction of sp³-hybridized carbons (Fsp3) is 0.0870. The van der Waals surface area contributed by atoms with E-state index in [4.69, 9.17) is 11.6 Å². The fourth-order valence-electron chi connectivity index (χ4n) is 3.18. The maximum atomic E-state index is 13.1. The topological polar surface area (TPSA) is 78.9 Å². The maximum Gasteiger partial charge on any atom is 0.417 e. The van der Waals surface area contributed by atoms with Crippen LogP contribution in [-0.2, 0) is 12.7 Å². The lowest BCUT2D eigenvalue weighted by Crippen LogP contribution is -2.19. The van der Waals surface area contributed by atoms with E-state index in [2.05, 4.69) is 25.9 Å². The Bertz CT molecular complexity index is 1300. The first-order valence-electron chi connectivity index (χ1n) is 9.77. The third-order valence-corrected chi connectivity index (χ3v) is 5.05. The molecule has 1 aromatic heterocycles. The summed E-state index contributed by atoms with van der Waals surface area (Å²) in [5, 5.41) is 8.73. The van der Waals surface area contributed by atoms with Gasteiger partial charge >= 0.3 is 12.2 Å². The molecule has 0 aliphatic rings. The van der Waals surface area contributed by atoms with Crippen LogP contribution in [0.15, 0.2) is 73.1 Å². The van der Waals surface area contributed by atoms with Crippen LogP contribution >= 0.6 is 11.6 Å². The molecular weight excluding hydrogens is 455 g/mol. The van der Waals surface area contributed by atoms with Gasteiger partial charge in [0, 0.05) is 23.3 Å². The molecule has 4 rings (SSSR count). The zero-order valence-corrected chi connectivity index (χ0v) is 17.7. The Kier molecular flexibility index (Phi) is 6.32. The molecule has 0 aliphatic carbocycles. The monoisotopic (exact) mass is 471 g/mol. The number of rotatable bonds is 5. The molecule has 6 nitrogen and oxygen atoms in total. The first kappa shape index (κ1) is 22.3. The average molecular weight is 472 g/mol. The summed E-state index contributed by atoms with van der Waals surface area (Å²) in [6, 6.07) is 17.4. The van der Waals surface area contributed by atoms with Crippen LogP contribution in [0, 0.1) is 0 Å². The summed E-state index contributed by atoms with van der Waals surface area (Å²) < 4.78 is 39.4. The number of hydrogen-bond donors (Lipinski definition) is 3. The molecule has 10 heteroatoms. The van der Waals surface area contributed by atoms with Crippen LogP contribution in [0.2, 0.25) is 5.02 Å². The van der Waals surface area contributed by atoms with E-state index < -0.39 is 17.8 Å². The second kappa shape index (κ2) is 9.33. The molecule has 3 N–H and O–H groups in total. The summed E-state index contributed by atoms with van der Waals surface area (Å²) in [5.41, 5.74) is 1.23. The van der Waals surface area contributed by atoms with Gasteiger partial charge in [0.05, 0.1) is 16.1 Å². The molecule has 2 amide bonds. The van der Waals surface area contributed by atoms with Gasteiger partial charge in [-0.05, 0) is 48.0 Å². The smallest absolute Gasteiger partial charge is 0.365 e. The number of alkyl halides is 3. The van der Waals surface area contributed by atoms with E-state index in [0.29, 0.717) is 33.7 Å². The molecule has 0 saturated heterocycles. The molecule has 0 saturated carbocycles. The second-order valence-electron chi connectivity index (χ2n) is 7.06. The lowest BCUT2D eigenvalue weighted by molar-refractivity contribution is -0.137. The van der Waals surface area contributed by atoms with Crippen LogP contribution in [0.1, 0.15) is 11.1 Å². The highest BCUT2D eigenvalue weighted by molar-refractivity contribution is 6.31. The van der Waals surface area contributed by atoms with E-state index in [1.54, 1.807) is 42.5 Å². The van der Waals surface area contributed by atoms with Gasteiger partial charge in [-0.3, -0.25) is 0 Å². The number of halogens is 4. The minimum Gasteiger partial charge on any atom is -0.365 e. The lowest BCUT2D eigenvalue weighted by atomic mass is 10.1. The zero-order valence-electron chi connectivity index (χ0n) is 16.9. The summed E-state index contributed by atoms with van der Waals surface area (Å²) in [4.78, 5) is 20.7. The minimum atomic E-state index is -4.55. The number of carbonyl (C=O) groups excluding carboxylic acids is 1. The molecule has 0 fully saturated rings. The van der Waals surface area contributed by atoms with Crippen LogP contribution in [-0.4, -0.2) is 16.0 Å². The van der Waals surface area contributed by atoms with Crippen molar-refractivity contribution >= 4 is 45.7 Å². The van der Waals surface area contributed by atoms with Crippen molar-refractivity contribution in [3.8, 4) is 0 Å². The van der Waals surface area contributed by atoms with Crippen LogP contribution in [0.3, 0.4) is 0 Å². The average Bonchev–Trinajstić information content (AvgIpc) is 2.78. The van der Waals surface area contributed by atoms with Gasteiger partial charge in [0.2, 0.25) is 0 Å². The number of nitrogens with one attached hydrogen (secondary N) is 3. The number of anilines is 3. The van der Waals surface area contributed by atoms with Crippen molar-refractivity contribution < 1.29 is 18.0 Å². The third kappa shape index (κ3) is 5.50. The first-order chi connectivity index (χ1) is 15.8. The Balaban J connectivity index is 1.52. The highest BCUT2D eigenvalue weighted by atomic mass is 35.5. The standard InChI is InChI=1S/C23H17ClF3N5O/c24-19-8-6-14(10-18(19)23(25,26)27)12-28-21-17-11-16(7-9-20(17)29-13-30-21)32-22(33)31-15-4-2-1-3-5-15/h1-11,13H,12H2,(H,28,29,30)(H2,31,32,33). The van der Waals surface area contributed by atoms with Crippen LogP contribution in [0.5, 0.6) is 0 Å². The Morgan fingerprint density at radius 1 is 0.909 bits per heavy atom. The van der Waals surface area contributed by atoms with Gasteiger partial charge in [-0.15, -0.1) is 0 Å². The molecule has 0 aliphatic heterocycles. The molecular formula is C23H17ClF3N5O. The van der Waals surface area contributed by atoms with Gasteiger partial charge in [0.25, 0.3) is 0 Å². The lowest BCUT2D eigenvalue weighted by Gasteiger charge is -2.13. The highest BCUT2D eigenvalue weighted by Gasteiger charge is 2.33. The van der Waals surface area contributed by atoms with Crippen LogP contribution < -0.4 is 16.0 Å². The second-order valence-corrected chi connectivity index (χ2v) is 7.47. The van der Waals surface area contributed by atoms with Crippen molar-refractivity contribution in [2.45, 2.75) is 12.7 Å². The van der Waals surface area contributed by atoms with Gasteiger partial charge in [-0.25, -0.2) is 14.8 Å². The van der Waals surface area contributed by atoms with Gasteiger partial charge in [0.15, 0.2) is 0 Å². The summed E-state index contributed by atoms with van der Waals surface area (Å²) in [6.07, 6.45) is -3.20. The van der Waals surface area contributed by atoms with Crippen LogP contribution in [0.25, 0.3) is 10.9 Å². The normalized spacial score (nSPS) is 11.3. The zero-order chi connectivity index (χ0) is 23.4. The van der Waals surface area contributed by atoms with E-state index >= 15 is 0 Å². The number of nitrogens with zero attached hydrogens (tertiary/aromatic N) is 2. The Hall–Kier alpha value is -3.85.